The monoisotopic (exact) mass is 514 g/mol. The van der Waals surface area contributed by atoms with Crippen LogP contribution in [-0.4, -0.2) is 15.2 Å². The summed E-state index contributed by atoms with van der Waals surface area (Å²) < 4.78 is 0.429. The van der Waals surface area contributed by atoms with E-state index in [0.717, 1.165) is 26.9 Å². The Morgan fingerprint density at radius 1 is 1.00 bits per heavy atom. The molecule has 5 rings (SSSR count). The number of carbonyl (C=O) groups is 1. The van der Waals surface area contributed by atoms with E-state index in [-0.39, 0.29) is 11.6 Å². The second-order valence-electron chi connectivity index (χ2n) is 7.91. The minimum absolute atomic E-state index is 0.00569. The highest BCUT2D eigenvalue weighted by Gasteiger charge is 2.34. The minimum atomic E-state index is -0.394. The van der Waals surface area contributed by atoms with Crippen molar-refractivity contribution < 1.29 is 9.72 Å². The molecular formula is C27H18N2O3S3. The van der Waals surface area contributed by atoms with Gasteiger partial charge in [0.25, 0.3) is 11.6 Å². The zero-order chi connectivity index (χ0) is 24.5. The van der Waals surface area contributed by atoms with Crippen LogP contribution in [0.1, 0.15) is 11.1 Å². The molecule has 0 radical (unpaired) electrons. The fourth-order valence-corrected chi connectivity index (χ4v) is 6.00. The third kappa shape index (κ3) is 4.73. The topological polar surface area (TPSA) is 63.5 Å². The Kier molecular flexibility index (Phi) is 6.42. The van der Waals surface area contributed by atoms with Crippen molar-refractivity contribution in [3.63, 3.8) is 0 Å². The Hall–Kier alpha value is -3.46. The van der Waals surface area contributed by atoms with Crippen LogP contribution in [0, 0.1) is 17.0 Å². The molecule has 1 heterocycles. The number of thioether (sulfide) groups is 1. The fraction of sp³-hybridized carbons (Fsp3) is 0.0370. The predicted octanol–water partition coefficient (Wildman–Crippen LogP) is 7.61. The lowest BCUT2D eigenvalue weighted by Crippen LogP contribution is -2.27. The summed E-state index contributed by atoms with van der Waals surface area (Å²) in [5, 5.41) is 13.7. The third-order valence-electron chi connectivity index (χ3n) is 5.53. The summed E-state index contributed by atoms with van der Waals surface area (Å²) in [7, 11) is 0. The number of fused-ring (bicyclic) bond motifs is 1. The van der Waals surface area contributed by atoms with Crippen molar-refractivity contribution >= 4 is 74.2 Å². The van der Waals surface area contributed by atoms with Gasteiger partial charge in [0, 0.05) is 16.3 Å². The molecule has 35 heavy (non-hydrogen) atoms. The Balaban J connectivity index is 1.47. The molecule has 4 aromatic rings. The molecule has 0 atom stereocenters. The van der Waals surface area contributed by atoms with Crippen molar-refractivity contribution in [3.05, 3.63) is 111 Å². The van der Waals surface area contributed by atoms with Crippen LogP contribution in [0.5, 0.6) is 0 Å². The zero-order valence-electron chi connectivity index (χ0n) is 18.5. The van der Waals surface area contributed by atoms with Gasteiger partial charge in [-0.25, -0.2) is 0 Å². The van der Waals surface area contributed by atoms with Gasteiger partial charge < -0.3 is 0 Å². The molecule has 1 fully saturated rings. The number of nitrogens with zero attached hydrogens (tertiary/aromatic N) is 2. The Labute approximate surface area is 216 Å². The average Bonchev–Trinajstić information content (AvgIpc) is 3.13. The van der Waals surface area contributed by atoms with Gasteiger partial charge in [-0.3, -0.25) is 19.8 Å². The number of benzene rings is 4. The maximum atomic E-state index is 13.3. The van der Waals surface area contributed by atoms with Crippen LogP contribution in [0.3, 0.4) is 0 Å². The largest absolute Gasteiger partial charge is 0.283 e. The molecular weight excluding hydrogens is 497 g/mol. The lowest BCUT2D eigenvalue weighted by molar-refractivity contribution is -0.387. The van der Waals surface area contributed by atoms with Crippen LogP contribution < -0.4 is 4.90 Å². The number of hydrogen-bond donors (Lipinski definition) is 0. The number of rotatable bonds is 5. The summed E-state index contributed by atoms with van der Waals surface area (Å²) >= 11 is 8.08. The van der Waals surface area contributed by atoms with E-state index < -0.39 is 4.92 Å². The molecule has 5 nitrogen and oxygen atoms in total. The molecule has 4 aromatic carbocycles. The van der Waals surface area contributed by atoms with Crippen molar-refractivity contribution in [3.8, 4) is 0 Å². The molecule has 0 aromatic heterocycles. The molecule has 1 saturated heterocycles. The summed E-state index contributed by atoms with van der Waals surface area (Å²) in [6.45, 7) is 1.99. The van der Waals surface area contributed by atoms with Gasteiger partial charge in [0.2, 0.25) is 0 Å². The van der Waals surface area contributed by atoms with E-state index >= 15 is 0 Å². The van der Waals surface area contributed by atoms with Crippen LogP contribution >= 0.6 is 35.7 Å². The average molecular weight is 515 g/mol. The minimum Gasteiger partial charge on any atom is -0.268 e. The van der Waals surface area contributed by atoms with Crippen molar-refractivity contribution in [2.24, 2.45) is 0 Å². The first-order valence-electron chi connectivity index (χ1n) is 10.7. The first kappa shape index (κ1) is 23.3. The van der Waals surface area contributed by atoms with E-state index in [9.17, 15) is 14.9 Å². The number of carbonyl (C=O) groups excluding carboxylic acids is 1. The van der Waals surface area contributed by atoms with Gasteiger partial charge >= 0.3 is 0 Å². The second kappa shape index (κ2) is 9.65. The number of nitro benzene ring substituents is 1. The summed E-state index contributed by atoms with van der Waals surface area (Å²) in [4.78, 5) is 28.2. The summed E-state index contributed by atoms with van der Waals surface area (Å²) in [5.74, 6) is -0.239. The van der Waals surface area contributed by atoms with Crippen LogP contribution in [0.25, 0.3) is 16.8 Å². The van der Waals surface area contributed by atoms with Crippen LogP contribution in [0.15, 0.2) is 99.6 Å². The van der Waals surface area contributed by atoms with Crippen molar-refractivity contribution in [2.75, 3.05) is 4.90 Å². The highest BCUT2D eigenvalue weighted by molar-refractivity contribution is 8.27. The maximum absolute atomic E-state index is 13.3. The van der Waals surface area contributed by atoms with Gasteiger partial charge in [-0.1, -0.05) is 95.9 Å². The van der Waals surface area contributed by atoms with Gasteiger partial charge in [-0.2, -0.15) is 0 Å². The summed E-state index contributed by atoms with van der Waals surface area (Å²) in [6, 6.07) is 26.4. The van der Waals surface area contributed by atoms with Crippen molar-refractivity contribution in [1.82, 2.24) is 0 Å². The standard InChI is InChI=1S/C27H18N2O3S3/c1-17-9-12-20(13-10-17)34-24-14-11-18(15-23(24)29(31)32)16-25-26(30)28(27(33)35-25)22-8-4-6-19-5-2-3-7-21(19)22/h2-16H,1H3/b25-16+. The van der Waals surface area contributed by atoms with E-state index in [4.69, 9.17) is 12.2 Å². The van der Waals surface area contributed by atoms with Crippen LogP contribution in [-0.2, 0) is 4.79 Å². The third-order valence-corrected chi connectivity index (χ3v) is 7.90. The normalized spacial score (nSPS) is 14.8. The van der Waals surface area contributed by atoms with E-state index in [1.54, 1.807) is 18.2 Å². The number of thiocarbonyl (C=S) groups is 1. The highest BCUT2D eigenvalue weighted by Crippen LogP contribution is 2.40. The molecule has 172 valence electrons. The second-order valence-corrected chi connectivity index (χ2v) is 10.7. The van der Waals surface area contributed by atoms with Gasteiger partial charge in [-0.05, 0) is 48.2 Å². The quantitative estimate of drug-likeness (QED) is 0.118. The lowest BCUT2D eigenvalue weighted by Gasteiger charge is -2.17. The Bertz CT molecular complexity index is 1530. The van der Waals surface area contributed by atoms with Gasteiger partial charge in [0.05, 0.1) is 20.4 Å². The number of aryl methyl sites for hydroxylation is 1. The molecule has 1 amide bonds. The molecule has 0 saturated carbocycles. The Morgan fingerprint density at radius 3 is 2.51 bits per heavy atom. The molecule has 0 bridgehead atoms. The molecule has 0 N–H and O–H groups in total. The van der Waals surface area contributed by atoms with Crippen molar-refractivity contribution in [2.45, 2.75) is 16.7 Å². The van der Waals surface area contributed by atoms with Crippen LogP contribution in [0.4, 0.5) is 11.4 Å². The van der Waals surface area contributed by atoms with Gasteiger partial charge in [-0.15, -0.1) is 0 Å². The molecule has 0 unspecified atom stereocenters. The molecule has 1 aliphatic heterocycles. The van der Waals surface area contributed by atoms with E-state index in [1.807, 2.05) is 73.7 Å². The van der Waals surface area contributed by atoms with Gasteiger partial charge in [0.15, 0.2) is 4.32 Å². The SMILES string of the molecule is Cc1ccc(Sc2ccc(/C=C3/SC(=S)N(c4cccc5ccccc45)C3=O)cc2[N+](=O)[O-])cc1. The zero-order valence-corrected chi connectivity index (χ0v) is 21.0. The first-order chi connectivity index (χ1) is 16.9. The molecule has 0 aliphatic carbocycles. The number of nitro groups is 1. The lowest BCUT2D eigenvalue weighted by atomic mass is 10.1. The number of hydrogen-bond acceptors (Lipinski definition) is 6. The van der Waals surface area contributed by atoms with Crippen molar-refractivity contribution in [1.29, 1.82) is 0 Å². The first-order valence-corrected chi connectivity index (χ1v) is 12.7. The van der Waals surface area contributed by atoms with E-state index in [0.29, 0.717) is 19.7 Å². The van der Waals surface area contributed by atoms with E-state index in [1.165, 1.54) is 34.5 Å². The molecule has 8 heteroatoms. The number of anilines is 1. The maximum Gasteiger partial charge on any atom is 0.283 e. The fourth-order valence-electron chi connectivity index (χ4n) is 3.82. The summed E-state index contributed by atoms with van der Waals surface area (Å²) in [5.41, 5.74) is 2.42. The van der Waals surface area contributed by atoms with Gasteiger partial charge in [0.1, 0.15) is 0 Å². The molecule has 0 spiro atoms. The van der Waals surface area contributed by atoms with Crippen LogP contribution in [0.2, 0.25) is 0 Å². The highest BCUT2D eigenvalue weighted by atomic mass is 32.2. The smallest absolute Gasteiger partial charge is 0.268 e. The number of amides is 1. The molecule has 1 aliphatic rings. The predicted molar refractivity (Wildman–Crippen MR) is 148 cm³/mol. The van der Waals surface area contributed by atoms with E-state index in [2.05, 4.69) is 0 Å². The summed E-state index contributed by atoms with van der Waals surface area (Å²) in [6.07, 6.45) is 1.66. The Morgan fingerprint density at radius 2 is 1.74 bits per heavy atom.